The molecule has 2 amide bonds. The Morgan fingerprint density at radius 2 is 2.00 bits per heavy atom. The first kappa shape index (κ1) is 19.4. The van der Waals surface area contributed by atoms with Gasteiger partial charge in [-0.1, -0.05) is 19.1 Å². The lowest BCUT2D eigenvalue weighted by molar-refractivity contribution is -0.117. The van der Waals surface area contributed by atoms with E-state index in [1.807, 2.05) is 32.9 Å². The van der Waals surface area contributed by atoms with Crippen LogP contribution in [0.4, 0.5) is 5.69 Å². The van der Waals surface area contributed by atoms with Crippen LogP contribution in [0.2, 0.25) is 0 Å². The summed E-state index contributed by atoms with van der Waals surface area (Å²) in [5.41, 5.74) is 0.748. The van der Waals surface area contributed by atoms with Crippen LogP contribution in [0.15, 0.2) is 24.3 Å². The molecule has 3 N–H and O–H groups in total. The van der Waals surface area contributed by atoms with Gasteiger partial charge in [0.05, 0.1) is 11.3 Å². The van der Waals surface area contributed by atoms with Gasteiger partial charge in [-0.3, -0.25) is 9.59 Å². The zero-order chi connectivity index (χ0) is 18.4. The van der Waals surface area contributed by atoms with Crippen molar-refractivity contribution in [2.75, 3.05) is 18.4 Å². The average Bonchev–Trinajstić information content (AvgIpc) is 2.54. The summed E-state index contributed by atoms with van der Waals surface area (Å²) in [5, 5.41) is 9.27. The van der Waals surface area contributed by atoms with Crippen LogP contribution in [0, 0.1) is 11.8 Å². The van der Waals surface area contributed by atoms with Crippen molar-refractivity contribution >= 4 is 17.5 Å². The first-order valence-electron chi connectivity index (χ1n) is 9.18. The predicted octanol–water partition coefficient (Wildman–Crippen LogP) is 3.18. The molecular formula is C20H31N3O2. The van der Waals surface area contributed by atoms with E-state index in [2.05, 4.69) is 22.9 Å². The van der Waals surface area contributed by atoms with E-state index in [9.17, 15) is 9.59 Å². The molecule has 1 aliphatic rings. The minimum Gasteiger partial charge on any atom is -0.347 e. The smallest absolute Gasteiger partial charge is 0.253 e. The Bertz CT molecular complexity index is 601. The van der Waals surface area contributed by atoms with Gasteiger partial charge in [-0.2, -0.15) is 0 Å². The molecule has 1 aromatic carbocycles. The number of rotatable bonds is 5. The summed E-state index contributed by atoms with van der Waals surface area (Å²) in [7, 11) is 0. The van der Waals surface area contributed by atoms with Crippen molar-refractivity contribution < 1.29 is 9.59 Å². The minimum absolute atomic E-state index is 0.0333. The van der Waals surface area contributed by atoms with Gasteiger partial charge in [0.15, 0.2) is 0 Å². The molecule has 5 nitrogen and oxygen atoms in total. The molecule has 0 radical (unpaired) electrons. The maximum Gasteiger partial charge on any atom is 0.253 e. The van der Waals surface area contributed by atoms with Gasteiger partial charge in [-0.25, -0.2) is 0 Å². The number of amides is 2. The SMILES string of the molecule is CC(CC(=O)Nc1ccccc1C(=O)NC(C)(C)C)C1CCCNC1. The Balaban J connectivity index is 1.99. The molecule has 5 heteroatoms. The first-order valence-corrected chi connectivity index (χ1v) is 9.18. The molecule has 0 saturated carbocycles. The van der Waals surface area contributed by atoms with E-state index in [0.717, 1.165) is 13.1 Å². The lowest BCUT2D eigenvalue weighted by Gasteiger charge is -2.28. The highest BCUT2D eigenvalue weighted by Gasteiger charge is 2.23. The quantitative estimate of drug-likeness (QED) is 0.767. The highest BCUT2D eigenvalue weighted by atomic mass is 16.2. The summed E-state index contributed by atoms with van der Waals surface area (Å²) < 4.78 is 0. The highest BCUT2D eigenvalue weighted by Crippen LogP contribution is 2.24. The van der Waals surface area contributed by atoms with Crippen LogP contribution < -0.4 is 16.0 Å². The van der Waals surface area contributed by atoms with E-state index in [0.29, 0.717) is 29.5 Å². The van der Waals surface area contributed by atoms with Crippen molar-refractivity contribution in [1.82, 2.24) is 10.6 Å². The molecule has 0 aliphatic carbocycles. The van der Waals surface area contributed by atoms with Crippen LogP contribution in [0.25, 0.3) is 0 Å². The normalized spacial score (nSPS) is 19.1. The third kappa shape index (κ3) is 6.16. The molecule has 2 unspecified atom stereocenters. The Labute approximate surface area is 151 Å². The second kappa shape index (κ2) is 8.48. The van der Waals surface area contributed by atoms with E-state index < -0.39 is 0 Å². The zero-order valence-corrected chi connectivity index (χ0v) is 15.8. The minimum atomic E-state index is -0.323. The second-order valence-electron chi connectivity index (χ2n) is 8.09. The molecule has 2 atom stereocenters. The molecule has 0 aromatic heterocycles. The summed E-state index contributed by atoms with van der Waals surface area (Å²) in [4.78, 5) is 24.9. The van der Waals surface area contributed by atoms with E-state index >= 15 is 0 Å². The zero-order valence-electron chi connectivity index (χ0n) is 15.8. The summed E-state index contributed by atoms with van der Waals surface area (Å²) in [6.07, 6.45) is 2.82. The first-order chi connectivity index (χ1) is 11.8. The number of benzene rings is 1. The van der Waals surface area contributed by atoms with E-state index in [1.54, 1.807) is 12.1 Å². The van der Waals surface area contributed by atoms with Crippen molar-refractivity contribution in [3.05, 3.63) is 29.8 Å². The van der Waals surface area contributed by atoms with Gasteiger partial charge in [-0.15, -0.1) is 0 Å². The van der Waals surface area contributed by atoms with Crippen LogP contribution in [-0.4, -0.2) is 30.4 Å². The van der Waals surface area contributed by atoms with Crippen molar-refractivity contribution in [2.24, 2.45) is 11.8 Å². The molecule has 0 bridgehead atoms. The molecule has 1 saturated heterocycles. The van der Waals surface area contributed by atoms with Gasteiger partial charge in [0.2, 0.25) is 5.91 Å². The third-order valence-electron chi connectivity index (χ3n) is 4.58. The van der Waals surface area contributed by atoms with Gasteiger partial charge in [-0.05, 0) is 70.7 Å². The molecular weight excluding hydrogens is 314 g/mol. The fourth-order valence-electron chi connectivity index (χ4n) is 3.22. The number of piperidine rings is 1. The monoisotopic (exact) mass is 345 g/mol. The van der Waals surface area contributed by atoms with Crippen molar-refractivity contribution in [2.45, 2.75) is 52.5 Å². The number of anilines is 1. The number of carbonyl (C=O) groups excluding carboxylic acids is 2. The summed E-state index contributed by atoms with van der Waals surface area (Å²) in [5.74, 6) is 0.657. The predicted molar refractivity (Wildman–Crippen MR) is 102 cm³/mol. The average molecular weight is 345 g/mol. The fourth-order valence-corrected chi connectivity index (χ4v) is 3.22. The third-order valence-corrected chi connectivity index (χ3v) is 4.58. The number of para-hydroxylation sites is 1. The van der Waals surface area contributed by atoms with Crippen molar-refractivity contribution in [3.63, 3.8) is 0 Å². The number of hydrogen-bond acceptors (Lipinski definition) is 3. The largest absolute Gasteiger partial charge is 0.347 e. The van der Waals surface area contributed by atoms with E-state index in [1.165, 1.54) is 12.8 Å². The molecule has 1 heterocycles. The Hall–Kier alpha value is -1.88. The molecule has 1 fully saturated rings. The lowest BCUT2D eigenvalue weighted by atomic mass is 9.85. The molecule has 1 aromatic rings. The Kier molecular flexibility index (Phi) is 6.59. The van der Waals surface area contributed by atoms with Crippen LogP contribution in [0.5, 0.6) is 0 Å². The van der Waals surface area contributed by atoms with Gasteiger partial charge >= 0.3 is 0 Å². The molecule has 0 spiro atoms. The topological polar surface area (TPSA) is 70.2 Å². The maximum atomic E-state index is 12.5. The van der Waals surface area contributed by atoms with Crippen LogP contribution in [0.3, 0.4) is 0 Å². The van der Waals surface area contributed by atoms with Crippen molar-refractivity contribution in [1.29, 1.82) is 0 Å². The molecule has 25 heavy (non-hydrogen) atoms. The van der Waals surface area contributed by atoms with Crippen LogP contribution in [0.1, 0.15) is 57.3 Å². The van der Waals surface area contributed by atoms with Crippen LogP contribution in [-0.2, 0) is 4.79 Å². The maximum absolute atomic E-state index is 12.5. The Morgan fingerprint density at radius 3 is 2.64 bits per heavy atom. The lowest BCUT2D eigenvalue weighted by Crippen LogP contribution is -2.41. The van der Waals surface area contributed by atoms with Gasteiger partial charge in [0, 0.05) is 12.0 Å². The van der Waals surface area contributed by atoms with Gasteiger partial charge in [0.1, 0.15) is 0 Å². The fraction of sp³-hybridized carbons (Fsp3) is 0.600. The number of carbonyl (C=O) groups is 2. The van der Waals surface area contributed by atoms with Crippen molar-refractivity contribution in [3.8, 4) is 0 Å². The molecule has 2 rings (SSSR count). The summed E-state index contributed by atoms with van der Waals surface area (Å²) in [6, 6.07) is 7.16. The second-order valence-corrected chi connectivity index (χ2v) is 8.09. The van der Waals surface area contributed by atoms with E-state index in [-0.39, 0.29) is 17.4 Å². The van der Waals surface area contributed by atoms with Gasteiger partial charge in [0.25, 0.3) is 5.91 Å². The molecule has 138 valence electrons. The summed E-state index contributed by atoms with van der Waals surface area (Å²) in [6.45, 7) is 10.0. The van der Waals surface area contributed by atoms with Crippen LogP contribution >= 0.6 is 0 Å². The molecule has 1 aliphatic heterocycles. The number of nitrogens with one attached hydrogen (secondary N) is 3. The Morgan fingerprint density at radius 1 is 1.28 bits per heavy atom. The van der Waals surface area contributed by atoms with E-state index in [4.69, 9.17) is 0 Å². The number of hydrogen-bond donors (Lipinski definition) is 3. The summed E-state index contributed by atoms with van der Waals surface area (Å²) >= 11 is 0. The highest BCUT2D eigenvalue weighted by molar-refractivity contribution is 6.04. The van der Waals surface area contributed by atoms with Gasteiger partial charge < -0.3 is 16.0 Å². The standard InChI is InChI=1S/C20H31N3O2/c1-14(15-8-7-11-21-13-15)12-18(24)22-17-10-6-5-9-16(17)19(25)23-20(2,3)4/h5-6,9-10,14-15,21H,7-8,11-13H2,1-4H3,(H,22,24)(H,23,25).